The molecule has 1 saturated carbocycles. The predicted molar refractivity (Wildman–Crippen MR) is 92.2 cm³/mol. The Morgan fingerprint density at radius 2 is 1.45 bits per heavy atom. The Morgan fingerprint density at radius 1 is 0.862 bits per heavy atom. The van der Waals surface area contributed by atoms with Crippen LogP contribution in [0.3, 0.4) is 0 Å². The minimum Gasteiger partial charge on any atom is -0.429 e. The molecule has 158 valence electrons. The first kappa shape index (κ1) is 21.5. The number of rotatable bonds is 5. The molecule has 0 unspecified atom stereocenters. The van der Waals surface area contributed by atoms with Gasteiger partial charge >= 0.3 is 6.11 Å². The van der Waals surface area contributed by atoms with Crippen LogP contribution in [0, 0.1) is 35.0 Å². The van der Waals surface area contributed by atoms with E-state index in [1.807, 2.05) is 0 Å². The quantitative estimate of drug-likeness (QED) is 0.367. The van der Waals surface area contributed by atoms with Gasteiger partial charge in [0.05, 0.1) is 0 Å². The third kappa shape index (κ3) is 4.36. The Bertz CT molecular complexity index is 866. The summed E-state index contributed by atoms with van der Waals surface area (Å²) in [4.78, 5) is 0. The van der Waals surface area contributed by atoms with Gasteiger partial charge in [-0.2, -0.15) is 8.78 Å². The summed E-state index contributed by atoms with van der Waals surface area (Å²) in [6.07, 6.45) is -0.461. The van der Waals surface area contributed by atoms with Crippen molar-refractivity contribution < 1.29 is 35.5 Å². The largest absolute Gasteiger partial charge is 0.429 e. The SMILES string of the molecule is CCC1CCC(c2ccc(C(F)(F)Oc3cc(F)c(F)c(F)c3)c(F)c2F)CC1. The zero-order valence-corrected chi connectivity index (χ0v) is 15.6. The lowest BCUT2D eigenvalue weighted by atomic mass is 9.77. The molecule has 8 heteroatoms. The molecule has 2 aromatic carbocycles. The molecule has 0 bridgehead atoms. The fraction of sp³-hybridized carbons (Fsp3) is 0.429. The van der Waals surface area contributed by atoms with Crippen LogP contribution in [0.2, 0.25) is 0 Å². The van der Waals surface area contributed by atoms with E-state index in [2.05, 4.69) is 11.7 Å². The Labute approximate surface area is 163 Å². The lowest BCUT2D eigenvalue weighted by Gasteiger charge is -2.29. The highest BCUT2D eigenvalue weighted by Crippen LogP contribution is 2.41. The van der Waals surface area contributed by atoms with Crippen LogP contribution in [0.15, 0.2) is 24.3 Å². The molecule has 0 spiro atoms. The van der Waals surface area contributed by atoms with Crippen molar-refractivity contribution in [2.75, 3.05) is 0 Å². The molecule has 0 heterocycles. The summed E-state index contributed by atoms with van der Waals surface area (Å²) in [5, 5.41) is 0. The van der Waals surface area contributed by atoms with Crippen molar-refractivity contribution in [1.82, 2.24) is 0 Å². The maximum Gasteiger partial charge on any atom is 0.429 e. The Hall–Kier alpha value is -2.25. The van der Waals surface area contributed by atoms with Gasteiger partial charge in [-0.15, -0.1) is 0 Å². The van der Waals surface area contributed by atoms with Gasteiger partial charge in [0.25, 0.3) is 0 Å². The van der Waals surface area contributed by atoms with Crippen molar-refractivity contribution in [3.8, 4) is 5.75 Å². The summed E-state index contributed by atoms with van der Waals surface area (Å²) < 4.78 is 101. The zero-order chi connectivity index (χ0) is 21.3. The molecule has 0 saturated heterocycles. The molecule has 0 atom stereocenters. The Morgan fingerprint density at radius 3 is 2.00 bits per heavy atom. The summed E-state index contributed by atoms with van der Waals surface area (Å²) in [7, 11) is 0. The predicted octanol–water partition coefficient (Wildman–Crippen LogP) is 7.19. The van der Waals surface area contributed by atoms with Crippen molar-refractivity contribution >= 4 is 0 Å². The average Bonchev–Trinajstić information content (AvgIpc) is 2.67. The van der Waals surface area contributed by atoms with E-state index in [-0.39, 0.29) is 23.6 Å². The van der Waals surface area contributed by atoms with Crippen LogP contribution >= 0.6 is 0 Å². The van der Waals surface area contributed by atoms with E-state index in [9.17, 15) is 30.7 Å². The van der Waals surface area contributed by atoms with Gasteiger partial charge < -0.3 is 4.74 Å². The third-order valence-corrected chi connectivity index (χ3v) is 5.49. The van der Waals surface area contributed by atoms with Gasteiger partial charge in [-0.3, -0.25) is 0 Å². The van der Waals surface area contributed by atoms with Gasteiger partial charge in [0.2, 0.25) is 0 Å². The molecule has 29 heavy (non-hydrogen) atoms. The Kier molecular flexibility index (Phi) is 6.10. The highest BCUT2D eigenvalue weighted by molar-refractivity contribution is 5.33. The highest BCUT2D eigenvalue weighted by atomic mass is 19.3. The van der Waals surface area contributed by atoms with Crippen LogP contribution < -0.4 is 4.74 Å². The van der Waals surface area contributed by atoms with E-state index in [0.717, 1.165) is 25.3 Å². The minimum atomic E-state index is -4.43. The lowest BCUT2D eigenvalue weighted by Crippen LogP contribution is -2.25. The van der Waals surface area contributed by atoms with E-state index >= 15 is 0 Å². The molecule has 0 aromatic heterocycles. The van der Waals surface area contributed by atoms with E-state index in [0.29, 0.717) is 24.8 Å². The van der Waals surface area contributed by atoms with Crippen molar-refractivity contribution in [3.05, 3.63) is 64.5 Å². The van der Waals surface area contributed by atoms with E-state index in [1.165, 1.54) is 0 Å². The summed E-state index contributed by atoms with van der Waals surface area (Å²) in [6, 6.07) is 2.19. The van der Waals surface area contributed by atoms with Gasteiger partial charge in [-0.05, 0) is 49.1 Å². The molecule has 0 radical (unpaired) electrons. The van der Waals surface area contributed by atoms with Crippen LogP contribution in [0.25, 0.3) is 0 Å². The number of benzene rings is 2. The zero-order valence-electron chi connectivity index (χ0n) is 15.6. The highest BCUT2D eigenvalue weighted by Gasteiger charge is 2.40. The van der Waals surface area contributed by atoms with Gasteiger partial charge in [0.15, 0.2) is 29.1 Å². The van der Waals surface area contributed by atoms with Gasteiger partial charge in [-0.25, -0.2) is 22.0 Å². The average molecular weight is 420 g/mol. The molecule has 0 aliphatic heterocycles. The second-order valence-electron chi connectivity index (χ2n) is 7.28. The molecule has 0 amide bonds. The second kappa shape index (κ2) is 8.24. The van der Waals surface area contributed by atoms with Gasteiger partial charge in [0.1, 0.15) is 11.3 Å². The topological polar surface area (TPSA) is 9.23 Å². The molecular weight excluding hydrogens is 401 g/mol. The Balaban J connectivity index is 1.86. The standard InChI is InChI=1S/C21H19F7O/c1-2-11-3-5-12(6-4-11)14-7-8-15(19(25)18(14)24)21(27,28)29-13-9-16(22)20(26)17(23)10-13/h7-12H,2-6H2,1H3. The molecule has 1 nitrogen and oxygen atoms in total. The summed E-state index contributed by atoms with van der Waals surface area (Å²) in [5.74, 6) is -9.34. The fourth-order valence-corrected chi connectivity index (χ4v) is 3.78. The normalized spacial score (nSPS) is 20.0. The first-order valence-corrected chi connectivity index (χ1v) is 9.33. The van der Waals surface area contributed by atoms with Crippen LogP contribution in [0.1, 0.15) is 56.1 Å². The number of hydrogen-bond donors (Lipinski definition) is 0. The second-order valence-corrected chi connectivity index (χ2v) is 7.28. The molecule has 2 aromatic rings. The van der Waals surface area contributed by atoms with Crippen molar-refractivity contribution in [1.29, 1.82) is 0 Å². The maximum atomic E-state index is 14.5. The van der Waals surface area contributed by atoms with Crippen LogP contribution in [0.5, 0.6) is 5.75 Å². The third-order valence-electron chi connectivity index (χ3n) is 5.49. The molecule has 1 aliphatic rings. The molecule has 3 rings (SSSR count). The molecule has 1 aliphatic carbocycles. The number of halogens is 7. The number of hydrogen-bond acceptors (Lipinski definition) is 1. The first-order chi connectivity index (χ1) is 13.6. The lowest BCUT2D eigenvalue weighted by molar-refractivity contribution is -0.188. The van der Waals surface area contributed by atoms with E-state index in [1.54, 1.807) is 0 Å². The number of alkyl halides is 2. The fourth-order valence-electron chi connectivity index (χ4n) is 3.78. The number of ether oxygens (including phenoxy) is 1. The van der Waals surface area contributed by atoms with Crippen LogP contribution in [-0.2, 0) is 6.11 Å². The van der Waals surface area contributed by atoms with E-state index < -0.39 is 46.5 Å². The van der Waals surface area contributed by atoms with Gasteiger partial charge in [-0.1, -0.05) is 19.4 Å². The van der Waals surface area contributed by atoms with Crippen LogP contribution in [0.4, 0.5) is 30.7 Å². The maximum absolute atomic E-state index is 14.5. The summed E-state index contributed by atoms with van der Waals surface area (Å²) in [5.41, 5.74) is -1.39. The van der Waals surface area contributed by atoms with Gasteiger partial charge in [0, 0.05) is 12.1 Å². The molecule has 1 fully saturated rings. The smallest absolute Gasteiger partial charge is 0.429 e. The van der Waals surface area contributed by atoms with Crippen molar-refractivity contribution in [3.63, 3.8) is 0 Å². The first-order valence-electron chi connectivity index (χ1n) is 9.33. The van der Waals surface area contributed by atoms with E-state index in [4.69, 9.17) is 0 Å². The minimum absolute atomic E-state index is 0.0236. The summed E-state index contributed by atoms with van der Waals surface area (Å²) >= 11 is 0. The van der Waals surface area contributed by atoms with Crippen molar-refractivity contribution in [2.45, 2.75) is 51.1 Å². The summed E-state index contributed by atoms with van der Waals surface area (Å²) in [6.45, 7) is 2.06. The van der Waals surface area contributed by atoms with Crippen LogP contribution in [-0.4, -0.2) is 0 Å². The molecule has 0 N–H and O–H groups in total. The van der Waals surface area contributed by atoms with Crippen molar-refractivity contribution in [2.24, 2.45) is 5.92 Å². The molecular formula is C21H19F7O. The monoisotopic (exact) mass is 420 g/mol.